The van der Waals surface area contributed by atoms with Crippen LogP contribution in [0.3, 0.4) is 0 Å². The molecule has 5 heteroatoms. The molecule has 0 aromatic carbocycles. The van der Waals surface area contributed by atoms with Gasteiger partial charge in [-0.05, 0) is 39.0 Å². The molecule has 114 valence electrons. The number of carbonyl (C=O) groups is 2. The fourth-order valence-corrected chi connectivity index (χ4v) is 3.45. The first kappa shape index (κ1) is 15.3. The summed E-state index contributed by atoms with van der Waals surface area (Å²) in [6.07, 6.45) is 5.70. The lowest BCUT2D eigenvalue weighted by atomic mass is 9.80. The quantitative estimate of drug-likeness (QED) is 0.859. The molecule has 0 radical (unpaired) electrons. The van der Waals surface area contributed by atoms with Gasteiger partial charge in [0.1, 0.15) is 11.6 Å². The van der Waals surface area contributed by atoms with Crippen LogP contribution >= 0.6 is 0 Å². The molecule has 1 aliphatic carbocycles. The van der Waals surface area contributed by atoms with Gasteiger partial charge in [0.25, 0.3) is 0 Å². The fourth-order valence-electron chi connectivity index (χ4n) is 3.45. The van der Waals surface area contributed by atoms with Crippen LogP contribution in [0.15, 0.2) is 0 Å². The first-order valence-corrected chi connectivity index (χ1v) is 7.66. The molecule has 1 atom stereocenters. The number of piperazine rings is 1. The summed E-state index contributed by atoms with van der Waals surface area (Å²) in [4.78, 5) is 26.6. The molecule has 2 aliphatic rings. The second-order valence-electron chi connectivity index (χ2n) is 6.50. The second kappa shape index (κ2) is 6.10. The number of amides is 2. The van der Waals surface area contributed by atoms with Crippen molar-refractivity contribution in [1.29, 1.82) is 0 Å². The van der Waals surface area contributed by atoms with Gasteiger partial charge in [-0.1, -0.05) is 19.3 Å². The van der Waals surface area contributed by atoms with Gasteiger partial charge in [0, 0.05) is 6.54 Å². The normalized spacial score (nSPS) is 27.6. The molecule has 2 fully saturated rings. The van der Waals surface area contributed by atoms with Crippen LogP contribution in [-0.2, 0) is 9.59 Å². The van der Waals surface area contributed by atoms with Crippen LogP contribution in [0.5, 0.6) is 0 Å². The van der Waals surface area contributed by atoms with Gasteiger partial charge in [-0.25, -0.2) is 0 Å². The van der Waals surface area contributed by atoms with Crippen molar-refractivity contribution in [3.05, 3.63) is 0 Å². The van der Waals surface area contributed by atoms with Gasteiger partial charge in [-0.3, -0.25) is 14.0 Å². The van der Waals surface area contributed by atoms with E-state index < -0.39 is 18.3 Å². The molecule has 1 aliphatic heterocycles. The molecule has 0 bridgehead atoms. The summed E-state index contributed by atoms with van der Waals surface area (Å²) in [6, 6.07) is -0.401. The van der Waals surface area contributed by atoms with Crippen molar-refractivity contribution < 1.29 is 14.0 Å². The smallest absolute Gasteiger partial charge is 0.248 e. The van der Waals surface area contributed by atoms with E-state index in [0.717, 1.165) is 25.7 Å². The van der Waals surface area contributed by atoms with Gasteiger partial charge in [-0.2, -0.15) is 0 Å². The number of alkyl halides is 1. The molecule has 1 saturated heterocycles. The van der Waals surface area contributed by atoms with Crippen LogP contribution in [-0.4, -0.2) is 41.5 Å². The lowest BCUT2D eigenvalue weighted by molar-refractivity contribution is -0.156. The minimum Gasteiger partial charge on any atom is -0.340 e. The molecule has 20 heavy (non-hydrogen) atoms. The van der Waals surface area contributed by atoms with E-state index in [4.69, 9.17) is 0 Å². The van der Waals surface area contributed by atoms with Crippen molar-refractivity contribution in [2.24, 2.45) is 5.92 Å². The Labute approximate surface area is 120 Å². The number of halogens is 1. The summed E-state index contributed by atoms with van der Waals surface area (Å²) >= 11 is 0. The molecule has 0 spiro atoms. The number of nitrogens with one attached hydrogen (secondary N) is 1. The van der Waals surface area contributed by atoms with E-state index in [2.05, 4.69) is 5.32 Å². The Bertz CT molecular complexity index is 378. The predicted octanol–water partition coefficient (Wildman–Crippen LogP) is 2.03. The van der Waals surface area contributed by atoms with Crippen molar-refractivity contribution in [1.82, 2.24) is 10.2 Å². The third-order valence-electron chi connectivity index (χ3n) is 4.46. The zero-order valence-corrected chi connectivity index (χ0v) is 12.5. The van der Waals surface area contributed by atoms with Crippen LogP contribution in [0.1, 0.15) is 52.4 Å². The predicted molar refractivity (Wildman–Crippen MR) is 74.9 cm³/mol. The SMILES string of the molecule is CC1(C)NC(=O)C(C2CCCCC2)N(CCCF)C1=O. The molecular formula is C15H25FN2O2. The monoisotopic (exact) mass is 284 g/mol. The minimum absolute atomic E-state index is 0.0691. The van der Waals surface area contributed by atoms with Crippen LogP contribution in [0.25, 0.3) is 0 Å². The fraction of sp³-hybridized carbons (Fsp3) is 0.867. The first-order chi connectivity index (χ1) is 9.47. The number of carbonyl (C=O) groups excluding carboxylic acids is 2. The van der Waals surface area contributed by atoms with Crippen molar-refractivity contribution >= 4 is 11.8 Å². The Morgan fingerprint density at radius 1 is 1.25 bits per heavy atom. The topological polar surface area (TPSA) is 49.4 Å². The highest BCUT2D eigenvalue weighted by molar-refractivity contribution is 5.99. The third kappa shape index (κ3) is 2.96. The maximum absolute atomic E-state index is 12.5. The number of rotatable bonds is 4. The molecular weight excluding hydrogens is 259 g/mol. The summed E-state index contributed by atoms with van der Waals surface area (Å²) in [5, 5.41) is 2.84. The summed E-state index contributed by atoms with van der Waals surface area (Å²) in [5.41, 5.74) is -0.876. The molecule has 0 aromatic heterocycles. The Kier molecular flexibility index (Phi) is 4.66. The number of hydrogen-bond donors (Lipinski definition) is 1. The third-order valence-corrected chi connectivity index (χ3v) is 4.46. The van der Waals surface area contributed by atoms with E-state index >= 15 is 0 Å². The van der Waals surface area contributed by atoms with Crippen molar-refractivity contribution in [3.8, 4) is 0 Å². The molecule has 4 nitrogen and oxygen atoms in total. The minimum atomic E-state index is -0.876. The molecule has 1 unspecified atom stereocenters. The molecule has 2 rings (SSSR count). The highest BCUT2D eigenvalue weighted by Gasteiger charge is 2.47. The largest absolute Gasteiger partial charge is 0.340 e. The Morgan fingerprint density at radius 3 is 2.50 bits per heavy atom. The molecule has 1 saturated carbocycles. The van der Waals surface area contributed by atoms with Gasteiger partial charge < -0.3 is 10.2 Å². The summed E-state index contributed by atoms with van der Waals surface area (Å²) in [7, 11) is 0. The van der Waals surface area contributed by atoms with Crippen LogP contribution in [0.2, 0.25) is 0 Å². The summed E-state index contributed by atoms with van der Waals surface area (Å²) < 4.78 is 12.5. The maximum Gasteiger partial charge on any atom is 0.248 e. The molecule has 0 aromatic rings. The van der Waals surface area contributed by atoms with E-state index in [-0.39, 0.29) is 17.7 Å². The van der Waals surface area contributed by atoms with Gasteiger partial charge in [0.2, 0.25) is 11.8 Å². The standard InChI is InChI=1S/C15H25FN2O2/c1-15(2)14(20)18(10-6-9-16)12(13(19)17-15)11-7-4-3-5-8-11/h11-12H,3-10H2,1-2H3,(H,17,19). The number of nitrogens with zero attached hydrogens (tertiary/aromatic N) is 1. The van der Waals surface area contributed by atoms with Gasteiger partial charge in [0.05, 0.1) is 6.67 Å². The average Bonchev–Trinajstić information content (AvgIpc) is 2.41. The van der Waals surface area contributed by atoms with E-state index in [1.54, 1.807) is 18.7 Å². The summed E-state index contributed by atoms with van der Waals surface area (Å²) in [5.74, 6) is 0.0740. The summed E-state index contributed by atoms with van der Waals surface area (Å²) in [6.45, 7) is 3.32. The Morgan fingerprint density at radius 2 is 1.90 bits per heavy atom. The average molecular weight is 284 g/mol. The maximum atomic E-state index is 12.5. The van der Waals surface area contributed by atoms with Crippen molar-refractivity contribution in [3.63, 3.8) is 0 Å². The van der Waals surface area contributed by atoms with Crippen LogP contribution in [0, 0.1) is 5.92 Å². The first-order valence-electron chi connectivity index (χ1n) is 7.66. The van der Waals surface area contributed by atoms with Gasteiger partial charge in [-0.15, -0.1) is 0 Å². The number of hydrogen-bond acceptors (Lipinski definition) is 2. The zero-order chi connectivity index (χ0) is 14.8. The lowest BCUT2D eigenvalue weighted by Gasteiger charge is -2.46. The van der Waals surface area contributed by atoms with E-state index in [9.17, 15) is 14.0 Å². The zero-order valence-electron chi connectivity index (χ0n) is 12.5. The van der Waals surface area contributed by atoms with E-state index in [0.29, 0.717) is 13.0 Å². The molecule has 2 amide bonds. The van der Waals surface area contributed by atoms with Crippen LogP contribution < -0.4 is 5.32 Å². The Hall–Kier alpha value is -1.13. The molecule has 1 heterocycles. The molecule has 1 N–H and O–H groups in total. The van der Waals surface area contributed by atoms with Crippen molar-refractivity contribution in [2.75, 3.05) is 13.2 Å². The highest BCUT2D eigenvalue weighted by Crippen LogP contribution is 2.32. The van der Waals surface area contributed by atoms with Gasteiger partial charge >= 0.3 is 0 Å². The Balaban J connectivity index is 2.20. The van der Waals surface area contributed by atoms with Gasteiger partial charge in [0.15, 0.2) is 0 Å². The van der Waals surface area contributed by atoms with Crippen LogP contribution in [0.4, 0.5) is 4.39 Å². The second-order valence-corrected chi connectivity index (χ2v) is 6.50. The van der Waals surface area contributed by atoms with E-state index in [1.165, 1.54) is 6.42 Å². The van der Waals surface area contributed by atoms with E-state index in [1.807, 2.05) is 0 Å². The van der Waals surface area contributed by atoms with Crippen molar-refractivity contribution in [2.45, 2.75) is 64.0 Å². The lowest BCUT2D eigenvalue weighted by Crippen LogP contribution is -2.69. The highest BCUT2D eigenvalue weighted by atomic mass is 19.1.